The van der Waals surface area contributed by atoms with E-state index in [1.54, 1.807) is 23.1 Å². The number of nitrogens with zero attached hydrogens (tertiary/aromatic N) is 1. The van der Waals surface area contributed by atoms with Crippen LogP contribution in [0.4, 0.5) is 5.69 Å². The maximum atomic E-state index is 12.8. The van der Waals surface area contributed by atoms with E-state index in [9.17, 15) is 13.2 Å². The fourth-order valence-electron chi connectivity index (χ4n) is 3.82. The second-order valence-electron chi connectivity index (χ2n) is 8.27. The highest BCUT2D eigenvalue weighted by molar-refractivity contribution is 7.89. The van der Waals surface area contributed by atoms with Gasteiger partial charge in [0.25, 0.3) is 0 Å². The van der Waals surface area contributed by atoms with Gasteiger partial charge in [-0.05, 0) is 74.6 Å². The van der Waals surface area contributed by atoms with Crippen molar-refractivity contribution in [3.63, 3.8) is 0 Å². The van der Waals surface area contributed by atoms with Crippen LogP contribution in [-0.2, 0) is 27.8 Å². The van der Waals surface area contributed by atoms with Crippen LogP contribution >= 0.6 is 0 Å². The lowest BCUT2D eigenvalue weighted by molar-refractivity contribution is -0.117. The summed E-state index contributed by atoms with van der Waals surface area (Å²) in [5.41, 5.74) is 2.32. The summed E-state index contributed by atoms with van der Waals surface area (Å²) in [6.07, 6.45) is 3.06. The quantitative estimate of drug-likeness (QED) is 0.814. The van der Waals surface area contributed by atoms with Crippen LogP contribution in [0.1, 0.15) is 44.2 Å². The molecule has 0 spiro atoms. The van der Waals surface area contributed by atoms with Crippen molar-refractivity contribution in [3.8, 4) is 5.75 Å². The zero-order chi connectivity index (χ0) is 20.6. The number of hydrogen-bond donors (Lipinski definition) is 1. The third-order valence-electron chi connectivity index (χ3n) is 5.49. The third kappa shape index (κ3) is 4.31. The van der Waals surface area contributed by atoms with Gasteiger partial charge < -0.3 is 9.64 Å². The maximum Gasteiger partial charge on any atom is 0.240 e. The molecule has 1 amide bonds. The molecule has 4 rings (SSSR count). The molecule has 0 saturated carbocycles. The molecule has 6 nitrogen and oxygen atoms in total. The first kappa shape index (κ1) is 19.9. The Kier molecular flexibility index (Phi) is 5.12. The van der Waals surface area contributed by atoms with Crippen molar-refractivity contribution in [3.05, 3.63) is 53.6 Å². The van der Waals surface area contributed by atoms with Gasteiger partial charge in [-0.2, -0.15) is 0 Å². The van der Waals surface area contributed by atoms with Crippen LogP contribution in [0.3, 0.4) is 0 Å². The molecule has 2 aliphatic heterocycles. The molecule has 7 heteroatoms. The van der Waals surface area contributed by atoms with E-state index in [-0.39, 0.29) is 22.9 Å². The molecule has 1 saturated heterocycles. The highest BCUT2D eigenvalue weighted by Crippen LogP contribution is 2.34. The van der Waals surface area contributed by atoms with Crippen molar-refractivity contribution in [2.45, 2.75) is 56.6 Å². The van der Waals surface area contributed by atoms with E-state index in [2.05, 4.69) is 4.72 Å². The minimum Gasteiger partial charge on any atom is -0.488 e. The Bertz CT molecular complexity index is 1050. The summed E-state index contributed by atoms with van der Waals surface area (Å²) in [6.45, 7) is 4.94. The average molecular weight is 415 g/mol. The number of nitrogens with one attached hydrogen (secondary N) is 1. The predicted octanol–water partition coefficient (Wildman–Crippen LogP) is 3.40. The molecular formula is C22H26N2O4S. The molecule has 1 N–H and O–H groups in total. The van der Waals surface area contributed by atoms with E-state index < -0.39 is 10.0 Å². The first-order valence-electron chi connectivity index (χ1n) is 9.94. The molecule has 1 fully saturated rings. The Labute approximate surface area is 171 Å². The lowest BCUT2D eigenvalue weighted by Crippen LogP contribution is -2.32. The molecule has 0 bridgehead atoms. The lowest BCUT2D eigenvalue weighted by atomic mass is 9.94. The molecule has 154 valence electrons. The van der Waals surface area contributed by atoms with E-state index in [0.29, 0.717) is 13.0 Å². The van der Waals surface area contributed by atoms with Crippen molar-refractivity contribution in [2.24, 2.45) is 0 Å². The number of ether oxygens (including phenoxy) is 1. The van der Waals surface area contributed by atoms with Crippen molar-refractivity contribution in [1.29, 1.82) is 0 Å². The number of hydrogen-bond acceptors (Lipinski definition) is 4. The number of carbonyl (C=O) groups is 1. The van der Waals surface area contributed by atoms with Gasteiger partial charge >= 0.3 is 0 Å². The Morgan fingerprint density at radius 1 is 1.14 bits per heavy atom. The van der Waals surface area contributed by atoms with Crippen LogP contribution in [0.5, 0.6) is 5.75 Å². The first-order chi connectivity index (χ1) is 13.7. The minimum absolute atomic E-state index is 0.113. The fourth-order valence-corrected chi connectivity index (χ4v) is 4.89. The van der Waals surface area contributed by atoms with Gasteiger partial charge in [-0.3, -0.25) is 4.79 Å². The molecule has 2 heterocycles. The Hall–Kier alpha value is -2.38. The molecule has 2 aromatic carbocycles. The molecule has 0 aliphatic carbocycles. The highest BCUT2D eigenvalue weighted by atomic mass is 32.2. The van der Waals surface area contributed by atoms with Gasteiger partial charge in [-0.25, -0.2) is 13.1 Å². The number of aryl methyl sites for hydroxylation is 1. The number of sulfonamides is 1. The van der Waals surface area contributed by atoms with Gasteiger partial charge in [0.2, 0.25) is 15.9 Å². The van der Waals surface area contributed by atoms with Gasteiger partial charge in [0.15, 0.2) is 0 Å². The average Bonchev–Trinajstić information content (AvgIpc) is 3.11. The SMILES string of the molecule is CC1(C)CCc2cc(S(=O)(=O)NCc3cccc(N4CCCC4=O)c3)ccc2O1. The van der Waals surface area contributed by atoms with Crippen LogP contribution in [0.15, 0.2) is 47.4 Å². The Morgan fingerprint density at radius 3 is 2.72 bits per heavy atom. The van der Waals surface area contributed by atoms with Crippen LogP contribution in [-0.4, -0.2) is 26.5 Å². The number of anilines is 1. The van der Waals surface area contributed by atoms with Crippen LogP contribution < -0.4 is 14.4 Å². The molecule has 29 heavy (non-hydrogen) atoms. The summed E-state index contributed by atoms with van der Waals surface area (Å²) in [5.74, 6) is 0.866. The smallest absolute Gasteiger partial charge is 0.240 e. The summed E-state index contributed by atoms with van der Waals surface area (Å²) in [6, 6.07) is 12.5. The normalized spacial score (nSPS) is 18.4. The Morgan fingerprint density at radius 2 is 1.97 bits per heavy atom. The second kappa shape index (κ2) is 7.46. The van der Waals surface area contributed by atoms with Gasteiger partial charge in [0, 0.05) is 25.2 Å². The van der Waals surface area contributed by atoms with E-state index in [1.165, 1.54) is 0 Å². The van der Waals surface area contributed by atoms with Crippen LogP contribution in [0, 0.1) is 0 Å². The van der Waals surface area contributed by atoms with E-state index >= 15 is 0 Å². The standard InChI is InChI=1S/C22H26N2O4S/c1-22(2)11-10-17-14-19(8-9-20(17)28-22)29(26,27)23-15-16-5-3-6-18(13-16)24-12-4-7-21(24)25/h3,5-6,8-9,13-14,23H,4,7,10-12,15H2,1-2H3. The number of fused-ring (bicyclic) bond motifs is 1. The molecular weight excluding hydrogens is 388 g/mol. The number of amides is 1. The summed E-state index contributed by atoms with van der Waals surface area (Å²) >= 11 is 0. The van der Waals surface area contributed by atoms with Crippen molar-refractivity contribution < 1.29 is 17.9 Å². The zero-order valence-corrected chi connectivity index (χ0v) is 17.6. The first-order valence-corrected chi connectivity index (χ1v) is 11.4. The van der Waals surface area contributed by atoms with Gasteiger partial charge in [-0.1, -0.05) is 12.1 Å². The molecule has 0 atom stereocenters. The van der Waals surface area contributed by atoms with Gasteiger partial charge in [0.1, 0.15) is 11.4 Å². The molecule has 2 aliphatic rings. The maximum absolute atomic E-state index is 12.8. The summed E-state index contributed by atoms with van der Waals surface area (Å²) in [7, 11) is -3.65. The third-order valence-corrected chi connectivity index (χ3v) is 6.89. The summed E-state index contributed by atoms with van der Waals surface area (Å²) < 4.78 is 34.2. The topological polar surface area (TPSA) is 75.7 Å². The monoisotopic (exact) mass is 414 g/mol. The minimum atomic E-state index is -3.65. The van der Waals surface area contributed by atoms with E-state index in [4.69, 9.17) is 4.74 Å². The van der Waals surface area contributed by atoms with E-state index in [1.807, 2.05) is 38.1 Å². The van der Waals surface area contributed by atoms with Crippen molar-refractivity contribution in [2.75, 3.05) is 11.4 Å². The number of carbonyl (C=O) groups excluding carboxylic acids is 1. The molecule has 2 aromatic rings. The van der Waals surface area contributed by atoms with Gasteiger partial charge in [0.05, 0.1) is 4.90 Å². The number of benzene rings is 2. The molecule has 0 aromatic heterocycles. The second-order valence-corrected chi connectivity index (χ2v) is 10.0. The fraction of sp³-hybridized carbons (Fsp3) is 0.409. The largest absolute Gasteiger partial charge is 0.488 e. The summed E-state index contributed by atoms with van der Waals surface area (Å²) in [5, 5.41) is 0. The zero-order valence-electron chi connectivity index (χ0n) is 16.8. The summed E-state index contributed by atoms with van der Waals surface area (Å²) in [4.78, 5) is 13.9. The van der Waals surface area contributed by atoms with Crippen molar-refractivity contribution >= 4 is 21.6 Å². The molecule has 0 radical (unpaired) electrons. The highest BCUT2D eigenvalue weighted by Gasteiger charge is 2.28. The number of rotatable bonds is 5. The Balaban J connectivity index is 1.48. The van der Waals surface area contributed by atoms with Crippen LogP contribution in [0.2, 0.25) is 0 Å². The lowest BCUT2D eigenvalue weighted by Gasteiger charge is -2.32. The van der Waals surface area contributed by atoms with Crippen LogP contribution in [0.25, 0.3) is 0 Å². The van der Waals surface area contributed by atoms with Gasteiger partial charge in [-0.15, -0.1) is 0 Å². The molecule has 0 unspecified atom stereocenters. The van der Waals surface area contributed by atoms with Crippen molar-refractivity contribution in [1.82, 2.24) is 4.72 Å². The predicted molar refractivity (Wildman–Crippen MR) is 112 cm³/mol. The van der Waals surface area contributed by atoms with E-state index in [0.717, 1.165) is 41.8 Å².